The van der Waals surface area contributed by atoms with Gasteiger partial charge in [-0.3, -0.25) is 9.80 Å². The number of carbonyl (C=O) groups excluding carboxylic acids is 1. The quantitative estimate of drug-likeness (QED) is 0.277. The van der Waals surface area contributed by atoms with E-state index in [0.717, 1.165) is 44.5 Å². The average molecular weight is 525 g/mol. The molecule has 0 fully saturated rings. The summed E-state index contributed by atoms with van der Waals surface area (Å²) in [6, 6.07) is 33.7. The van der Waals surface area contributed by atoms with E-state index < -0.39 is 5.54 Å². The first-order valence-electron chi connectivity index (χ1n) is 12.2. The van der Waals surface area contributed by atoms with Gasteiger partial charge in [-0.25, -0.2) is 0 Å². The van der Waals surface area contributed by atoms with Crippen molar-refractivity contribution < 1.29 is 9.53 Å². The number of hydrazone groups is 1. The maximum Gasteiger partial charge on any atom is 0.192 e. The second-order valence-corrected chi connectivity index (χ2v) is 10.8. The minimum Gasteiger partial charge on any atom is -0.497 e. The van der Waals surface area contributed by atoms with E-state index in [4.69, 9.17) is 21.4 Å². The van der Waals surface area contributed by atoms with Crippen molar-refractivity contribution in [2.24, 2.45) is 5.10 Å². The van der Waals surface area contributed by atoms with Crippen LogP contribution in [0.4, 0.5) is 5.69 Å². The van der Waals surface area contributed by atoms with Crippen LogP contribution < -0.4 is 9.75 Å². The molecule has 4 aromatic carbocycles. The smallest absolute Gasteiger partial charge is 0.192 e. The number of benzene rings is 4. The molecule has 2 heterocycles. The van der Waals surface area contributed by atoms with Crippen LogP contribution in [0.2, 0.25) is 5.02 Å². The third-order valence-electron chi connectivity index (χ3n) is 7.17. The molecule has 6 heteroatoms. The number of ketones is 1. The summed E-state index contributed by atoms with van der Waals surface area (Å²) < 4.78 is 5.45. The maximum atomic E-state index is 14.8. The predicted molar refractivity (Wildman–Crippen MR) is 151 cm³/mol. The minimum absolute atomic E-state index is 0.0728. The van der Waals surface area contributed by atoms with E-state index in [1.807, 2.05) is 83.9 Å². The number of Topliss-reactive ketones (excluding diaryl/α,β-unsaturated/α-hetero) is 1. The Hall–Kier alpha value is -3.54. The molecule has 0 radical (unpaired) electrons. The van der Waals surface area contributed by atoms with E-state index in [9.17, 15) is 4.79 Å². The highest BCUT2D eigenvalue weighted by atomic mass is 35.5. The number of ether oxygens (including phenoxy) is 1. The first-order chi connectivity index (χ1) is 18.1. The van der Waals surface area contributed by atoms with E-state index >= 15 is 0 Å². The molecule has 2 aliphatic heterocycles. The fourth-order valence-corrected chi connectivity index (χ4v) is 6.79. The zero-order valence-electron chi connectivity index (χ0n) is 20.3. The van der Waals surface area contributed by atoms with Gasteiger partial charge in [-0.1, -0.05) is 78.3 Å². The Morgan fingerprint density at radius 2 is 1.70 bits per heavy atom. The molecule has 0 amide bonds. The molecule has 0 saturated heterocycles. The summed E-state index contributed by atoms with van der Waals surface area (Å²) in [5, 5.41) is 7.79. The number of carbonyl (C=O) groups is 1. The highest BCUT2D eigenvalue weighted by Crippen LogP contribution is 2.51. The van der Waals surface area contributed by atoms with Crippen LogP contribution in [0.1, 0.15) is 33.8 Å². The van der Waals surface area contributed by atoms with Gasteiger partial charge in [0.15, 0.2) is 5.78 Å². The summed E-state index contributed by atoms with van der Waals surface area (Å²) in [4.78, 5) is 15.8. The fraction of sp³-hybridized carbons (Fsp3) is 0.161. The molecular formula is C31H25ClN2O2S. The van der Waals surface area contributed by atoms with Crippen LogP contribution in [-0.4, -0.2) is 29.9 Å². The number of thioether (sulfide) groups is 1. The van der Waals surface area contributed by atoms with E-state index in [1.54, 1.807) is 18.9 Å². The normalized spacial score (nSPS) is 20.9. The summed E-state index contributed by atoms with van der Waals surface area (Å²) in [5.41, 5.74) is 3.44. The lowest BCUT2D eigenvalue weighted by molar-refractivity contribution is 0.0874. The second kappa shape index (κ2) is 9.73. The monoisotopic (exact) mass is 524 g/mol. The lowest BCUT2D eigenvalue weighted by atomic mass is 9.70. The molecule has 4 nitrogen and oxygen atoms in total. The Morgan fingerprint density at radius 3 is 2.46 bits per heavy atom. The van der Waals surface area contributed by atoms with Gasteiger partial charge in [0, 0.05) is 21.2 Å². The van der Waals surface area contributed by atoms with E-state index in [1.165, 1.54) is 0 Å². The van der Waals surface area contributed by atoms with Crippen LogP contribution in [0.15, 0.2) is 113 Å². The van der Waals surface area contributed by atoms with Gasteiger partial charge in [0.05, 0.1) is 24.4 Å². The van der Waals surface area contributed by atoms with Gasteiger partial charge in [0.2, 0.25) is 0 Å². The van der Waals surface area contributed by atoms with Gasteiger partial charge in [-0.05, 0) is 53.9 Å². The lowest BCUT2D eigenvalue weighted by Gasteiger charge is -2.40. The van der Waals surface area contributed by atoms with Crippen molar-refractivity contribution in [1.29, 1.82) is 0 Å². The number of halogens is 1. The van der Waals surface area contributed by atoms with Crippen molar-refractivity contribution in [3.8, 4) is 5.75 Å². The molecule has 0 saturated carbocycles. The van der Waals surface area contributed by atoms with Crippen molar-refractivity contribution in [2.75, 3.05) is 17.9 Å². The van der Waals surface area contributed by atoms with Crippen molar-refractivity contribution >= 4 is 40.5 Å². The number of rotatable bonds is 4. The summed E-state index contributed by atoms with van der Waals surface area (Å²) in [6.45, 7) is 0. The van der Waals surface area contributed by atoms with Gasteiger partial charge in [-0.2, -0.15) is 5.10 Å². The molecule has 37 heavy (non-hydrogen) atoms. The first-order valence-corrected chi connectivity index (χ1v) is 13.6. The topological polar surface area (TPSA) is 41.9 Å². The van der Waals surface area contributed by atoms with E-state index in [0.29, 0.717) is 11.4 Å². The molecule has 184 valence electrons. The largest absolute Gasteiger partial charge is 0.497 e. The molecule has 1 spiro atoms. The fourth-order valence-electron chi connectivity index (χ4n) is 5.48. The Kier molecular flexibility index (Phi) is 6.27. The lowest BCUT2D eigenvalue weighted by Crippen LogP contribution is -2.54. The average Bonchev–Trinajstić information content (AvgIpc) is 3.21. The van der Waals surface area contributed by atoms with E-state index in [2.05, 4.69) is 24.3 Å². The van der Waals surface area contributed by atoms with Crippen LogP contribution in [0, 0.1) is 0 Å². The van der Waals surface area contributed by atoms with Crippen molar-refractivity contribution in [3.63, 3.8) is 0 Å². The minimum atomic E-state index is -0.968. The number of fused-ring (bicyclic) bond motifs is 1. The molecule has 0 unspecified atom stereocenters. The van der Waals surface area contributed by atoms with Crippen molar-refractivity contribution in [1.82, 2.24) is 0 Å². The Morgan fingerprint density at radius 1 is 0.946 bits per heavy atom. The zero-order chi connectivity index (χ0) is 25.4. The molecule has 4 aromatic rings. The van der Waals surface area contributed by atoms with Gasteiger partial charge in [0.25, 0.3) is 0 Å². The number of anilines is 1. The number of hydrogen-bond donors (Lipinski definition) is 0. The summed E-state index contributed by atoms with van der Waals surface area (Å²) in [7, 11) is 1.66. The maximum absolute atomic E-state index is 14.8. The molecule has 2 aliphatic rings. The summed E-state index contributed by atoms with van der Waals surface area (Å²) in [5.74, 6) is 1.32. The van der Waals surface area contributed by atoms with Crippen molar-refractivity contribution in [2.45, 2.75) is 22.8 Å². The standard InChI is InChI=1S/C31H25ClN2O2S/c1-36-25-16-14-21(15-17-25)28-29(22-8-3-2-4-9-22)33-34(24-11-7-10-23(32)20-24)31(28)18-19-37-27-13-6-5-12-26(27)30(31)35/h2-17,20,28H,18-19H2,1H3/t28-,31-/m1/s1. The van der Waals surface area contributed by atoms with Crippen LogP contribution in [0.5, 0.6) is 5.75 Å². The molecule has 2 atom stereocenters. The number of hydrogen-bond acceptors (Lipinski definition) is 5. The van der Waals surface area contributed by atoms with Crippen molar-refractivity contribution in [3.05, 3.63) is 125 Å². The van der Waals surface area contributed by atoms with Gasteiger partial charge >= 0.3 is 0 Å². The Labute approximate surface area is 225 Å². The molecule has 0 bridgehead atoms. The Balaban J connectivity index is 1.64. The third kappa shape index (κ3) is 4.03. The first kappa shape index (κ1) is 23.8. The highest BCUT2D eigenvalue weighted by molar-refractivity contribution is 7.99. The Bertz CT molecular complexity index is 1490. The molecule has 6 rings (SSSR count). The zero-order valence-corrected chi connectivity index (χ0v) is 21.9. The SMILES string of the molecule is COc1ccc([C@@H]2C(c3ccccc3)=NN(c3cccc(Cl)c3)[C@]23CCSc2ccccc2C3=O)cc1. The van der Waals surface area contributed by atoms with Crippen LogP contribution >= 0.6 is 23.4 Å². The molecule has 0 N–H and O–H groups in total. The summed E-state index contributed by atoms with van der Waals surface area (Å²) >= 11 is 8.19. The molecule has 0 aliphatic carbocycles. The molecular weight excluding hydrogens is 500 g/mol. The van der Waals surface area contributed by atoms with Crippen LogP contribution in [-0.2, 0) is 0 Å². The van der Waals surface area contributed by atoms with Crippen LogP contribution in [0.25, 0.3) is 0 Å². The van der Waals surface area contributed by atoms with Gasteiger partial charge < -0.3 is 4.74 Å². The third-order valence-corrected chi connectivity index (χ3v) is 8.48. The van der Waals surface area contributed by atoms with Gasteiger partial charge in [0.1, 0.15) is 11.3 Å². The number of methoxy groups -OCH3 is 1. The van der Waals surface area contributed by atoms with Crippen LogP contribution in [0.3, 0.4) is 0 Å². The van der Waals surface area contributed by atoms with E-state index in [-0.39, 0.29) is 11.7 Å². The number of nitrogens with zero attached hydrogens (tertiary/aromatic N) is 2. The molecule has 0 aromatic heterocycles. The summed E-state index contributed by atoms with van der Waals surface area (Å²) in [6.07, 6.45) is 0.619. The van der Waals surface area contributed by atoms with Gasteiger partial charge in [-0.15, -0.1) is 11.8 Å². The highest BCUT2D eigenvalue weighted by Gasteiger charge is 2.58. The second-order valence-electron chi connectivity index (χ2n) is 9.20. The predicted octanol–water partition coefficient (Wildman–Crippen LogP) is 7.47.